The van der Waals surface area contributed by atoms with Gasteiger partial charge in [0.25, 0.3) is 0 Å². The van der Waals surface area contributed by atoms with Crippen LogP contribution in [0.15, 0.2) is 30.6 Å². The van der Waals surface area contributed by atoms with Crippen LogP contribution >= 0.6 is 22.9 Å². The molecule has 2 nitrogen and oxygen atoms in total. The van der Waals surface area contributed by atoms with Crippen LogP contribution in [-0.4, -0.2) is 10.8 Å². The highest BCUT2D eigenvalue weighted by atomic mass is 35.5. The lowest BCUT2D eigenvalue weighted by Gasteiger charge is -2.00. The number of carbonyl (C=O) groups excluding carboxylic acids is 1. The second-order valence-electron chi connectivity index (χ2n) is 3.68. The zero-order chi connectivity index (χ0) is 12.3. The van der Waals surface area contributed by atoms with Crippen LogP contribution in [0.3, 0.4) is 0 Å². The summed E-state index contributed by atoms with van der Waals surface area (Å²) >= 11 is 7.62. The largest absolute Gasteiger partial charge is 0.294 e. The van der Waals surface area contributed by atoms with Gasteiger partial charge in [-0.2, -0.15) is 0 Å². The number of aryl methyl sites for hydroxylation is 1. The Balaban J connectivity index is 2.14. The highest BCUT2D eigenvalue weighted by Gasteiger charge is 2.12. The fourth-order valence-electron chi connectivity index (χ4n) is 1.56. The number of aromatic nitrogens is 1. The molecular weight excluding hydrogens is 254 g/mol. The van der Waals surface area contributed by atoms with Crippen molar-refractivity contribution in [1.29, 1.82) is 0 Å². The summed E-state index contributed by atoms with van der Waals surface area (Å²) in [5.41, 5.74) is 0.549. The molecule has 0 N–H and O–H groups in total. The van der Waals surface area contributed by atoms with E-state index in [1.807, 2.05) is 6.07 Å². The van der Waals surface area contributed by atoms with Crippen LogP contribution in [0.1, 0.15) is 27.0 Å². The minimum Gasteiger partial charge on any atom is -0.294 e. The number of carbonyl (C=O) groups is 1. The van der Waals surface area contributed by atoms with Gasteiger partial charge in [0.05, 0.1) is 5.02 Å². The number of halogens is 1. The third-order valence-electron chi connectivity index (χ3n) is 2.47. The Bertz CT molecular complexity index is 536. The van der Waals surface area contributed by atoms with Crippen LogP contribution < -0.4 is 0 Å². The maximum absolute atomic E-state index is 12.0. The maximum Gasteiger partial charge on any atom is 0.169 e. The monoisotopic (exact) mass is 265 g/mol. The molecular formula is C13H12ClNOS. The fourth-order valence-corrected chi connectivity index (χ4v) is 2.74. The molecule has 0 aliphatic carbocycles. The zero-order valence-corrected chi connectivity index (χ0v) is 11.0. The van der Waals surface area contributed by atoms with Gasteiger partial charge in [0.2, 0.25) is 0 Å². The predicted molar refractivity (Wildman–Crippen MR) is 71.0 cm³/mol. The molecule has 0 aliphatic heterocycles. The number of nitrogens with zero attached hydrogens (tertiary/aromatic N) is 1. The molecule has 2 heterocycles. The molecule has 0 unspecified atom stereocenters. The van der Waals surface area contributed by atoms with E-state index in [-0.39, 0.29) is 5.78 Å². The zero-order valence-electron chi connectivity index (χ0n) is 9.44. The first-order chi connectivity index (χ1) is 8.20. The lowest BCUT2D eigenvalue weighted by atomic mass is 10.1. The molecule has 0 spiro atoms. The minimum absolute atomic E-state index is 0.0434. The van der Waals surface area contributed by atoms with Crippen LogP contribution in [0, 0.1) is 0 Å². The molecule has 2 aromatic rings. The van der Waals surface area contributed by atoms with E-state index in [0.29, 0.717) is 17.0 Å². The first kappa shape index (κ1) is 12.3. The van der Waals surface area contributed by atoms with Crippen molar-refractivity contribution in [3.05, 3.63) is 50.9 Å². The molecule has 4 heteroatoms. The van der Waals surface area contributed by atoms with E-state index in [1.165, 1.54) is 11.1 Å². The van der Waals surface area contributed by atoms with Crippen molar-refractivity contribution < 1.29 is 4.79 Å². The lowest BCUT2D eigenvalue weighted by Crippen LogP contribution is -2.03. The van der Waals surface area contributed by atoms with Crippen molar-refractivity contribution in [2.75, 3.05) is 0 Å². The number of hydrogen-bond donors (Lipinski definition) is 0. The van der Waals surface area contributed by atoms with Crippen LogP contribution in [-0.2, 0) is 12.8 Å². The van der Waals surface area contributed by atoms with Gasteiger partial charge in [-0.15, -0.1) is 11.3 Å². The molecule has 0 bridgehead atoms. The maximum atomic E-state index is 12.0. The summed E-state index contributed by atoms with van der Waals surface area (Å²) in [6, 6.07) is 5.75. The summed E-state index contributed by atoms with van der Waals surface area (Å²) in [6.45, 7) is 2.11. The summed E-state index contributed by atoms with van der Waals surface area (Å²) in [4.78, 5) is 18.3. The number of hydrogen-bond acceptors (Lipinski definition) is 3. The molecule has 2 aromatic heterocycles. The molecule has 17 heavy (non-hydrogen) atoms. The van der Waals surface area contributed by atoms with Crippen molar-refractivity contribution in [1.82, 2.24) is 4.98 Å². The van der Waals surface area contributed by atoms with Crippen LogP contribution in [0.5, 0.6) is 0 Å². The van der Waals surface area contributed by atoms with Gasteiger partial charge in [0.15, 0.2) is 5.78 Å². The molecule has 0 aromatic carbocycles. The number of ketones is 1. The topological polar surface area (TPSA) is 30.0 Å². The summed E-state index contributed by atoms with van der Waals surface area (Å²) in [5.74, 6) is 0.0434. The molecule has 0 saturated heterocycles. The van der Waals surface area contributed by atoms with Crippen molar-refractivity contribution in [2.24, 2.45) is 0 Å². The van der Waals surface area contributed by atoms with E-state index in [1.54, 1.807) is 23.6 Å². The Morgan fingerprint density at radius 2 is 2.12 bits per heavy atom. The fraction of sp³-hybridized carbons (Fsp3) is 0.231. The summed E-state index contributed by atoms with van der Waals surface area (Å²) in [6.07, 6.45) is 4.51. The van der Waals surface area contributed by atoms with E-state index in [0.717, 1.165) is 11.3 Å². The van der Waals surface area contributed by atoms with Gasteiger partial charge in [0.1, 0.15) is 0 Å². The minimum atomic E-state index is 0.0434. The Hall–Kier alpha value is -1.19. The standard InChI is InChI=1S/C13H12ClNOS/c1-2-9-3-4-10(17-9)7-13(16)11-5-6-15-8-12(11)14/h3-6,8H,2,7H2,1H3. The first-order valence-corrected chi connectivity index (χ1v) is 6.60. The van der Waals surface area contributed by atoms with E-state index in [4.69, 9.17) is 11.6 Å². The summed E-state index contributed by atoms with van der Waals surface area (Å²) in [5, 5.41) is 0.421. The van der Waals surface area contributed by atoms with Gasteiger partial charge in [0, 0.05) is 34.1 Å². The Kier molecular flexibility index (Phi) is 3.92. The average Bonchev–Trinajstić information content (AvgIpc) is 2.77. The highest BCUT2D eigenvalue weighted by Crippen LogP contribution is 2.21. The predicted octanol–water partition coefficient (Wildman–Crippen LogP) is 3.78. The highest BCUT2D eigenvalue weighted by molar-refractivity contribution is 7.12. The third kappa shape index (κ3) is 2.93. The Morgan fingerprint density at radius 1 is 1.35 bits per heavy atom. The molecule has 0 radical (unpaired) electrons. The number of pyridine rings is 1. The van der Waals surface area contributed by atoms with Crippen molar-refractivity contribution in [3.8, 4) is 0 Å². The smallest absolute Gasteiger partial charge is 0.169 e. The quantitative estimate of drug-likeness (QED) is 0.788. The average molecular weight is 266 g/mol. The van der Waals surface area contributed by atoms with Gasteiger partial charge in [-0.3, -0.25) is 9.78 Å². The van der Waals surface area contributed by atoms with Crippen molar-refractivity contribution >= 4 is 28.7 Å². The van der Waals surface area contributed by atoms with Gasteiger partial charge in [-0.05, 0) is 24.6 Å². The van der Waals surface area contributed by atoms with Gasteiger partial charge >= 0.3 is 0 Å². The van der Waals surface area contributed by atoms with E-state index in [2.05, 4.69) is 18.0 Å². The molecule has 0 saturated carbocycles. The number of rotatable bonds is 4. The lowest BCUT2D eigenvalue weighted by molar-refractivity contribution is 0.0994. The summed E-state index contributed by atoms with van der Waals surface area (Å²) in [7, 11) is 0. The number of Topliss-reactive ketones (excluding diaryl/α,β-unsaturated/α-hetero) is 1. The molecule has 88 valence electrons. The molecule has 2 rings (SSSR count). The van der Waals surface area contributed by atoms with Gasteiger partial charge in [-0.25, -0.2) is 0 Å². The van der Waals surface area contributed by atoms with Gasteiger partial charge in [-0.1, -0.05) is 18.5 Å². The molecule has 0 fully saturated rings. The first-order valence-electron chi connectivity index (χ1n) is 5.41. The van der Waals surface area contributed by atoms with Crippen LogP contribution in [0.2, 0.25) is 5.02 Å². The van der Waals surface area contributed by atoms with Crippen molar-refractivity contribution in [2.45, 2.75) is 19.8 Å². The third-order valence-corrected chi connectivity index (χ3v) is 4.00. The Morgan fingerprint density at radius 3 is 2.76 bits per heavy atom. The SMILES string of the molecule is CCc1ccc(CC(=O)c2ccncc2Cl)s1. The number of thiophene rings is 1. The summed E-state index contributed by atoms with van der Waals surface area (Å²) < 4.78 is 0. The normalized spacial score (nSPS) is 10.5. The molecule has 0 atom stereocenters. The van der Waals surface area contributed by atoms with Gasteiger partial charge < -0.3 is 0 Å². The van der Waals surface area contributed by atoms with Crippen molar-refractivity contribution in [3.63, 3.8) is 0 Å². The molecule has 0 aliphatic rings. The van der Waals surface area contributed by atoms with Crippen LogP contribution in [0.25, 0.3) is 0 Å². The Labute approximate surface area is 109 Å². The van der Waals surface area contributed by atoms with E-state index in [9.17, 15) is 4.79 Å². The molecule has 0 amide bonds. The van der Waals surface area contributed by atoms with Crippen LogP contribution in [0.4, 0.5) is 0 Å². The second kappa shape index (κ2) is 5.43. The van der Waals surface area contributed by atoms with E-state index >= 15 is 0 Å². The second-order valence-corrected chi connectivity index (χ2v) is 5.34. The van der Waals surface area contributed by atoms with E-state index < -0.39 is 0 Å².